The Morgan fingerprint density at radius 3 is 0.854 bits per heavy atom. The first kappa shape index (κ1) is 41.3. The van der Waals surface area contributed by atoms with Crippen LogP contribution in [0.5, 0.6) is 0 Å². The van der Waals surface area contributed by atoms with Crippen molar-refractivity contribution in [2.24, 2.45) is 0 Å². The van der Waals surface area contributed by atoms with Crippen molar-refractivity contribution in [3.63, 3.8) is 0 Å². The van der Waals surface area contributed by atoms with Crippen LogP contribution in [-0.2, 0) is 47.9 Å². The van der Waals surface area contributed by atoms with Crippen molar-refractivity contribution in [1.29, 1.82) is 0 Å². The van der Waals surface area contributed by atoms with Gasteiger partial charge in [-0.25, -0.2) is 28.8 Å². The minimum absolute atomic E-state index is 0.107. The Morgan fingerprint density at radius 2 is 0.646 bits per heavy atom. The fraction of sp³-hybridized carbons (Fsp3) is 0.500. The van der Waals surface area contributed by atoms with Crippen molar-refractivity contribution in [3.8, 4) is 0 Å². The van der Waals surface area contributed by atoms with Gasteiger partial charge in [-0.05, 0) is 74.5 Å². The van der Waals surface area contributed by atoms with Gasteiger partial charge in [-0.1, -0.05) is 58.3 Å². The van der Waals surface area contributed by atoms with E-state index >= 15 is 0 Å². The first-order chi connectivity index (χ1) is 23.0. The standard InChI is InChI=1S/C36H48O12/c1-4-28(37)46-22-16-10-7-13-19-25-31(34(40)41)26(20-14-8-11-17-23-47-29(38)5-2)33(36(44)45)27(32(25)35(42)43)21-15-9-12-18-24-48-30(39)6-3/h4-6H,1-3,7-24H2,(H,40,41)(H,42,43)(H,44,45). The van der Waals surface area contributed by atoms with E-state index in [4.69, 9.17) is 14.2 Å². The summed E-state index contributed by atoms with van der Waals surface area (Å²) in [6, 6.07) is 0. The van der Waals surface area contributed by atoms with Crippen LogP contribution >= 0.6 is 0 Å². The van der Waals surface area contributed by atoms with Gasteiger partial charge in [0.2, 0.25) is 0 Å². The van der Waals surface area contributed by atoms with E-state index in [1.165, 1.54) is 0 Å². The number of rotatable bonds is 27. The summed E-state index contributed by atoms with van der Waals surface area (Å²) in [7, 11) is 0. The first-order valence-corrected chi connectivity index (χ1v) is 16.3. The maximum absolute atomic E-state index is 12.7. The number of carbonyl (C=O) groups excluding carboxylic acids is 3. The number of esters is 3. The van der Waals surface area contributed by atoms with E-state index in [0.717, 1.165) is 18.2 Å². The third kappa shape index (κ3) is 14.8. The zero-order chi connectivity index (χ0) is 35.9. The second kappa shape index (κ2) is 23.6. The van der Waals surface area contributed by atoms with E-state index in [1.54, 1.807) is 0 Å². The number of carbonyl (C=O) groups is 6. The molecular formula is C36H48O12. The predicted octanol–water partition coefficient (Wildman–Crippen LogP) is 6.28. The second-order valence-electron chi connectivity index (χ2n) is 11.1. The van der Waals surface area contributed by atoms with Crippen LogP contribution in [0.4, 0.5) is 0 Å². The molecule has 12 nitrogen and oxygen atoms in total. The molecule has 0 radical (unpaired) electrons. The molecule has 0 saturated carbocycles. The molecule has 0 bridgehead atoms. The number of carboxylic acid groups (broad SMARTS) is 3. The number of carboxylic acids is 3. The first-order valence-electron chi connectivity index (χ1n) is 16.3. The van der Waals surface area contributed by atoms with Gasteiger partial charge in [0, 0.05) is 18.2 Å². The SMILES string of the molecule is C=CC(=O)OCCCCCCc1c(C(=O)O)c(CCCCCCOC(=O)C=C)c(C(=O)O)c(CCCCCCOC(=O)C=C)c1C(=O)O. The maximum atomic E-state index is 12.7. The molecular weight excluding hydrogens is 624 g/mol. The molecule has 1 aromatic rings. The van der Waals surface area contributed by atoms with Gasteiger partial charge in [0.25, 0.3) is 0 Å². The number of ether oxygens (including phenoxy) is 3. The number of aromatic carboxylic acids is 3. The van der Waals surface area contributed by atoms with Gasteiger partial charge in [0.15, 0.2) is 0 Å². The predicted molar refractivity (Wildman–Crippen MR) is 177 cm³/mol. The van der Waals surface area contributed by atoms with Crippen molar-refractivity contribution in [3.05, 3.63) is 71.3 Å². The summed E-state index contributed by atoms with van der Waals surface area (Å²) < 4.78 is 14.9. The molecule has 0 fully saturated rings. The molecule has 0 unspecified atom stereocenters. The monoisotopic (exact) mass is 672 g/mol. The van der Waals surface area contributed by atoms with Crippen molar-refractivity contribution in [1.82, 2.24) is 0 Å². The summed E-state index contributed by atoms with van der Waals surface area (Å²) >= 11 is 0. The van der Waals surface area contributed by atoms with Crippen LogP contribution < -0.4 is 0 Å². The molecule has 0 spiro atoms. The van der Waals surface area contributed by atoms with Gasteiger partial charge >= 0.3 is 35.8 Å². The molecule has 0 aliphatic heterocycles. The third-order valence-electron chi connectivity index (χ3n) is 7.65. The van der Waals surface area contributed by atoms with E-state index < -0.39 is 35.8 Å². The topological polar surface area (TPSA) is 191 Å². The number of hydrogen-bond acceptors (Lipinski definition) is 9. The molecule has 0 saturated heterocycles. The second-order valence-corrected chi connectivity index (χ2v) is 11.1. The molecule has 1 rings (SSSR count). The minimum Gasteiger partial charge on any atom is -0.478 e. The summed E-state index contributed by atoms with van der Waals surface area (Å²) in [5.41, 5.74) is -0.519. The lowest BCUT2D eigenvalue weighted by molar-refractivity contribution is -0.138. The summed E-state index contributed by atoms with van der Waals surface area (Å²) in [6.45, 7) is 10.6. The van der Waals surface area contributed by atoms with Crippen LogP contribution in [-0.4, -0.2) is 71.0 Å². The molecule has 264 valence electrons. The van der Waals surface area contributed by atoms with Gasteiger partial charge in [0.1, 0.15) is 0 Å². The van der Waals surface area contributed by atoms with Crippen molar-refractivity contribution in [2.45, 2.75) is 96.3 Å². The number of unbranched alkanes of at least 4 members (excludes halogenated alkanes) is 9. The van der Waals surface area contributed by atoms with E-state index in [0.29, 0.717) is 77.0 Å². The summed E-state index contributed by atoms with van der Waals surface area (Å²) in [5, 5.41) is 31.1. The van der Waals surface area contributed by atoms with Crippen LogP contribution in [0, 0.1) is 0 Å². The molecule has 48 heavy (non-hydrogen) atoms. The molecule has 1 aromatic carbocycles. The van der Waals surface area contributed by atoms with E-state index in [-0.39, 0.29) is 72.5 Å². The molecule has 0 aliphatic carbocycles. The fourth-order valence-electron chi connectivity index (χ4n) is 5.41. The van der Waals surface area contributed by atoms with Gasteiger partial charge < -0.3 is 29.5 Å². The van der Waals surface area contributed by atoms with E-state index in [9.17, 15) is 44.1 Å². The van der Waals surface area contributed by atoms with E-state index in [2.05, 4.69) is 19.7 Å². The van der Waals surface area contributed by atoms with Gasteiger partial charge in [-0.3, -0.25) is 0 Å². The Labute approximate surface area is 281 Å². The summed E-state index contributed by atoms with van der Waals surface area (Å²) in [5.74, 6) is -5.76. The molecule has 0 heterocycles. The Hall–Kier alpha value is -4.74. The zero-order valence-corrected chi connectivity index (χ0v) is 27.6. The van der Waals surface area contributed by atoms with Crippen LogP contribution in [0.1, 0.15) is 125 Å². The van der Waals surface area contributed by atoms with Crippen LogP contribution in [0.3, 0.4) is 0 Å². The quantitative estimate of drug-likeness (QED) is 0.0411. The lowest BCUT2D eigenvalue weighted by Gasteiger charge is -2.22. The van der Waals surface area contributed by atoms with Crippen molar-refractivity contribution < 1.29 is 58.3 Å². The molecule has 0 atom stereocenters. The minimum atomic E-state index is -1.39. The Kier molecular flexibility index (Phi) is 20.3. The highest BCUT2D eigenvalue weighted by molar-refractivity contribution is 6.05. The Bertz CT molecular complexity index is 1130. The largest absolute Gasteiger partial charge is 0.478 e. The van der Waals surface area contributed by atoms with E-state index in [1.807, 2.05) is 0 Å². The third-order valence-corrected chi connectivity index (χ3v) is 7.65. The van der Waals surface area contributed by atoms with Crippen molar-refractivity contribution in [2.75, 3.05) is 19.8 Å². The van der Waals surface area contributed by atoms with Crippen LogP contribution in [0.25, 0.3) is 0 Å². The summed E-state index contributed by atoms with van der Waals surface area (Å²) in [6.07, 6.45) is 10.3. The highest BCUT2D eigenvalue weighted by atomic mass is 16.5. The molecule has 12 heteroatoms. The van der Waals surface area contributed by atoms with Gasteiger partial charge in [-0.2, -0.15) is 0 Å². The zero-order valence-electron chi connectivity index (χ0n) is 27.6. The van der Waals surface area contributed by atoms with Crippen LogP contribution in [0.15, 0.2) is 38.0 Å². The Morgan fingerprint density at radius 1 is 0.417 bits per heavy atom. The highest BCUT2D eigenvalue weighted by Crippen LogP contribution is 2.33. The normalized spacial score (nSPS) is 10.5. The summed E-state index contributed by atoms with van der Waals surface area (Å²) in [4.78, 5) is 71.9. The molecule has 0 amide bonds. The van der Waals surface area contributed by atoms with Crippen molar-refractivity contribution >= 4 is 35.8 Å². The van der Waals surface area contributed by atoms with Crippen LogP contribution in [0.2, 0.25) is 0 Å². The van der Waals surface area contributed by atoms with Gasteiger partial charge in [-0.15, -0.1) is 0 Å². The Balaban J connectivity index is 3.33. The molecule has 0 aromatic heterocycles. The maximum Gasteiger partial charge on any atom is 0.336 e. The smallest absolute Gasteiger partial charge is 0.336 e. The lowest BCUT2D eigenvalue weighted by Crippen LogP contribution is -2.22. The fourth-order valence-corrected chi connectivity index (χ4v) is 5.41. The number of hydrogen-bond donors (Lipinski definition) is 3. The average Bonchev–Trinajstić information content (AvgIpc) is 3.05. The molecule has 0 aliphatic rings. The highest BCUT2D eigenvalue weighted by Gasteiger charge is 2.32. The molecule has 3 N–H and O–H groups in total. The lowest BCUT2D eigenvalue weighted by atomic mass is 9.81. The number of benzene rings is 1. The van der Waals surface area contributed by atoms with Gasteiger partial charge in [0.05, 0.1) is 36.5 Å². The average molecular weight is 673 g/mol.